The van der Waals surface area contributed by atoms with E-state index in [1.54, 1.807) is 0 Å². The zero-order valence-corrected chi connectivity index (χ0v) is 12.2. The van der Waals surface area contributed by atoms with Crippen molar-refractivity contribution in [3.63, 3.8) is 0 Å². The Kier molecular flexibility index (Phi) is 3.86. The van der Waals surface area contributed by atoms with Crippen LogP contribution in [-0.2, 0) is 0 Å². The zero-order valence-electron chi connectivity index (χ0n) is 10.6. The van der Waals surface area contributed by atoms with Crippen LogP contribution in [0.25, 0.3) is 0 Å². The summed E-state index contributed by atoms with van der Waals surface area (Å²) in [6, 6.07) is 0.660. The molecule has 1 aliphatic rings. The highest BCUT2D eigenvalue weighted by atomic mass is 79.9. The van der Waals surface area contributed by atoms with Crippen LogP contribution >= 0.6 is 15.9 Å². The van der Waals surface area contributed by atoms with Gasteiger partial charge >= 0.3 is 0 Å². The predicted molar refractivity (Wildman–Crippen MR) is 74.5 cm³/mol. The second-order valence-electron chi connectivity index (χ2n) is 4.89. The van der Waals surface area contributed by atoms with E-state index in [9.17, 15) is 0 Å². The Balaban J connectivity index is 2.27. The molecule has 1 heterocycles. The monoisotopic (exact) mass is 298 g/mol. The number of nitrogens with one attached hydrogen (secondary N) is 1. The van der Waals surface area contributed by atoms with Crippen LogP contribution in [0.1, 0.15) is 26.7 Å². The summed E-state index contributed by atoms with van der Waals surface area (Å²) in [7, 11) is 1.84. The molecule has 0 atom stereocenters. The molecular weight excluding hydrogens is 280 g/mol. The highest BCUT2D eigenvalue weighted by molar-refractivity contribution is 9.10. The second kappa shape index (κ2) is 5.21. The van der Waals surface area contributed by atoms with Crippen molar-refractivity contribution in [3.8, 4) is 0 Å². The van der Waals surface area contributed by atoms with Crippen LogP contribution < -0.4 is 10.2 Å². The lowest BCUT2D eigenvalue weighted by molar-refractivity contribution is 0.601. The van der Waals surface area contributed by atoms with Crippen molar-refractivity contribution < 1.29 is 0 Å². The van der Waals surface area contributed by atoms with Gasteiger partial charge in [0.2, 0.25) is 5.95 Å². The van der Waals surface area contributed by atoms with E-state index in [4.69, 9.17) is 0 Å². The molecule has 0 saturated heterocycles. The van der Waals surface area contributed by atoms with Gasteiger partial charge in [0.15, 0.2) is 0 Å². The van der Waals surface area contributed by atoms with Gasteiger partial charge in [0, 0.05) is 25.8 Å². The molecule has 1 saturated carbocycles. The molecule has 0 spiro atoms. The fraction of sp³-hybridized carbons (Fsp3) is 0.667. The lowest BCUT2D eigenvalue weighted by Crippen LogP contribution is -2.31. The summed E-state index contributed by atoms with van der Waals surface area (Å²) in [6.45, 7) is 5.52. The molecule has 4 nitrogen and oxygen atoms in total. The van der Waals surface area contributed by atoms with Gasteiger partial charge in [0.25, 0.3) is 0 Å². The maximum absolute atomic E-state index is 4.56. The van der Waals surface area contributed by atoms with Gasteiger partial charge in [0.05, 0.1) is 4.47 Å². The third-order valence-corrected chi connectivity index (χ3v) is 3.33. The Bertz CT molecular complexity index is 390. The predicted octanol–water partition coefficient (Wildman–Crippen LogP) is 2.91. The molecule has 0 amide bonds. The maximum atomic E-state index is 4.56. The number of rotatable bonds is 5. The summed E-state index contributed by atoms with van der Waals surface area (Å²) in [6.07, 6.45) is 4.37. The fourth-order valence-electron chi connectivity index (χ4n) is 1.87. The first-order valence-corrected chi connectivity index (χ1v) is 6.88. The molecule has 0 aliphatic heterocycles. The van der Waals surface area contributed by atoms with E-state index in [2.05, 4.69) is 50.0 Å². The van der Waals surface area contributed by atoms with Crippen molar-refractivity contribution in [1.29, 1.82) is 0 Å². The second-order valence-corrected chi connectivity index (χ2v) is 5.75. The maximum Gasteiger partial charge on any atom is 0.224 e. The van der Waals surface area contributed by atoms with Crippen LogP contribution in [0.15, 0.2) is 10.7 Å². The fourth-order valence-corrected chi connectivity index (χ4v) is 2.29. The third kappa shape index (κ3) is 3.09. The third-order valence-electron chi connectivity index (χ3n) is 2.77. The van der Waals surface area contributed by atoms with E-state index in [1.165, 1.54) is 12.8 Å². The first kappa shape index (κ1) is 12.6. The van der Waals surface area contributed by atoms with Crippen LogP contribution in [0, 0.1) is 5.92 Å². The minimum Gasteiger partial charge on any atom is -0.357 e. The lowest BCUT2D eigenvalue weighted by Gasteiger charge is -2.26. The molecule has 1 aromatic rings. The van der Waals surface area contributed by atoms with Gasteiger partial charge in [-0.3, -0.25) is 0 Å². The van der Waals surface area contributed by atoms with Crippen molar-refractivity contribution in [2.45, 2.75) is 32.7 Å². The molecule has 5 heteroatoms. The van der Waals surface area contributed by atoms with E-state index >= 15 is 0 Å². The van der Waals surface area contributed by atoms with E-state index in [-0.39, 0.29) is 0 Å². The molecule has 1 aliphatic carbocycles. The molecule has 0 aromatic carbocycles. The number of hydrogen-bond acceptors (Lipinski definition) is 4. The number of anilines is 2. The van der Waals surface area contributed by atoms with Crippen molar-refractivity contribution in [2.24, 2.45) is 5.92 Å². The summed E-state index contributed by atoms with van der Waals surface area (Å²) in [4.78, 5) is 11.2. The molecule has 0 radical (unpaired) electrons. The van der Waals surface area contributed by atoms with Crippen molar-refractivity contribution >= 4 is 27.7 Å². The minimum atomic E-state index is 0.635. The molecule has 2 rings (SSSR count). The summed E-state index contributed by atoms with van der Waals surface area (Å²) in [5.41, 5.74) is 0. The van der Waals surface area contributed by atoms with Crippen LogP contribution in [0.4, 0.5) is 11.8 Å². The van der Waals surface area contributed by atoms with E-state index in [0.29, 0.717) is 17.9 Å². The first-order chi connectivity index (χ1) is 8.11. The van der Waals surface area contributed by atoms with Crippen LogP contribution in [0.2, 0.25) is 0 Å². The molecule has 1 N–H and O–H groups in total. The van der Waals surface area contributed by atoms with E-state index < -0.39 is 0 Å². The van der Waals surface area contributed by atoms with Crippen molar-refractivity contribution in [3.05, 3.63) is 10.7 Å². The normalized spacial score (nSPS) is 15.1. The molecule has 0 unspecified atom stereocenters. The summed E-state index contributed by atoms with van der Waals surface area (Å²) in [5, 5.41) is 2.99. The van der Waals surface area contributed by atoms with Gasteiger partial charge in [-0.25, -0.2) is 4.98 Å². The number of nitrogens with zero attached hydrogens (tertiary/aromatic N) is 3. The standard InChI is InChI=1S/C12H19BrN4/c1-8(2)7-17(9-4-5-9)11-10(13)6-15-12(14-3)16-11/h6,8-9H,4-5,7H2,1-3H3,(H,14,15,16). The Hall–Kier alpha value is -0.840. The zero-order chi connectivity index (χ0) is 12.4. The Morgan fingerprint density at radius 2 is 2.24 bits per heavy atom. The lowest BCUT2D eigenvalue weighted by atomic mass is 10.2. The summed E-state index contributed by atoms with van der Waals surface area (Å²) in [5.74, 6) is 2.33. The molecule has 94 valence electrons. The van der Waals surface area contributed by atoms with E-state index in [1.807, 2.05) is 13.2 Å². The number of hydrogen-bond donors (Lipinski definition) is 1. The Labute approximate surface area is 111 Å². The highest BCUT2D eigenvalue weighted by Crippen LogP contribution is 2.35. The molecule has 17 heavy (non-hydrogen) atoms. The van der Waals surface area contributed by atoms with Gasteiger partial charge in [-0.2, -0.15) is 4.98 Å². The number of aromatic nitrogens is 2. The smallest absolute Gasteiger partial charge is 0.224 e. The quantitative estimate of drug-likeness (QED) is 0.907. The summed E-state index contributed by atoms with van der Waals surface area (Å²) < 4.78 is 0.976. The number of halogens is 1. The van der Waals surface area contributed by atoms with Gasteiger partial charge in [-0.05, 0) is 34.7 Å². The minimum absolute atomic E-state index is 0.635. The van der Waals surface area contributed by atoms with Crippen molar-refractivity contribution in [1.82, 2.24) is 9.97 Å². The molecule has 0 bridgehead atoms. The first-order valence-electron chi connectivity index (χ1n) is 6.08. The van der Waals surface area contributed by atoms with Crippen molar-refractivity contribution in [2.75, 3.05) is 23.8 Å². The molecule has 1 fully saturated rings. The largest absolute Gasteiger partial charge is 0.357 e. The average Bonchev–Trinajstić information content (AvgIpc) is 3.10. The Morgan fingerprint density at radius 1 is 1.53 bits per heavy atom. The van der Waals surface area contributed by atoms with Gasteiger partial charge in [0.1, 0.15) is 5.82 Å². The average molecular weight is 299 g/mol. The molecular formula is C12H19BrN4. The van der Waals surface area contributed by atoms with Gasteiger partial charge in [-0.1, -0.05) is 13.8 Å². The van der Waals surface area contributed by atoms with Gasteiger partial charge < -0.3 is 10.2 Å². The van der Waals surface area contributed by atoms with Crippen LogP contribution in [0.5, 0.6) is 0 Å². The Morgan fingerprint density at radius 3 is 2.76 bits per heavy atom. The van der Waals surface area contributed by atoms with Crippen LogP contribution in [-0.4, -0.2) is 29.6 Å². The van der Waals surface area contributed by atoms with Crippen LogP contribution in [0.3, 0.4) is 0 Å². The summed E-state index contributed by atoms with van der Waals surface area (Å²) >= 11 is 3.55. The molecule has 1 aromatic heterocycles. The topological polar surface area (TPSA) is 41.1 Å². The highest BCUT2D eigenvalue weighted by Gasteiger charge is 2.31. The van der Waals surface area contributed by atoms with E-state index in [0.717, 1.165) is 16.8 Å². The SMILES string of the molecule is CNc1ncc(Br)c(N(CC(C)C)C2CC2)n1. The van der Waals surface area contributed by atoms with Gasteiger partial charge in [-0.15, -0.1) is 0 Å².